The minimum atomic E-state index is -1.04. The molecule has 0 unspecified atom stereocenters. The highest BCUT2D eigenvalue weighted by Gasteiger charge is 2.30. The van der Waals surface area contributed by atoms with Crippen molar-refractivity contribution in [2.45, 2.75) is 48.2 Å². The molecule has 1 N–H and O–H groups in total. The molecule has 0 amide bonds. The molecule has 2 aromatic carbocycles. The first-order valence-electron chi connectivity index (χ1n) is 10.1. The number of halogens is 2. The van der Waals surface area contributed by atoms with E-state index < -0.39 is 10.7 Å². The van der Waals surface area contributed by atoms with E-state index in [0.717, 1.165) is 33.6 Å². The standard InChI is InChI=1S/C24H23Cl2NO3S3/c1-13-21(32-22(27-13)15-5-9-16(31-4)10-6-15)17(28)11-7-14-8-12-18(20(26)19(14)25)33-24(2,3)23(29)30/h5-6,8-10,12H,7,11H2,1-4H3,(H,29,30). The molecule has 3 aromatic rings. The quantitative estimate of drug-likeness (QED) is 0.220. The van der Waals surface area contributed by atoms with Gasteiger partial charge in [0.15, 0.2) is 5.78 Å². The molecule has 0 saturated heterocycles. The SMILES string of the molecule is CSc1ccc(-c2nc(C)c(C(=O)CCc3ccc(SC(C)(C)C(=O)O)c(Cl)c3Cl)s2)cc1. The molecule has 0 radical (unpaired) electrons. The van der Waals surface area contributed by atoms with E-state index in [1.807, 2.05) is 37.4 Å². The number of Topliss-reactive ketones (excluding diaryl/α,β-unsaturated/α-hetero) is 1. The molecule has 0 aliphatic rings. The van der Waals surface area contributed by atoms with Gasteiger partial charge in [-0.25, -0.2) is 4.98 Å². The molecule has 1 aromatic heterocycles. The highest BCUT2D eigenvalue weighted by Crippen LogP contribution is 2.41. The van der Waals surface area contributed by atoms with E-state index in [1.54, 1.807) is 37.7 Å². The summed E-state index contributed by atoms with van der Waals surface area (Å²) in [5, 5.41) is 10.8. The van der Waals surface area contributed by atoms with E-state index in [2.05, 4.69) is 4.98 Å². The second-order valence-electron chi connectivity index (χ2n) is 7.85. The fourth-order valence-electron chi connectivity index (χ4n) is 3.04. The number of hydrogen-bond acceptors (Lipinski definition) is 6. The van der Waals surface area contributed by atoms with Gasteiger partial charge in [-0.1, -0.05) is 41.4 Å². The molecule has 9 heteroatoms. The third kappa shape index (κ3) is 6.14. The van der Waals surface area contributed by atoms with Crippen molar-refractivity contribution in [3.05, 3.63) is 62.6 Å². The van der Waals surface area contributed by atoms with Crippen LogP contribution in [0.15, 0.2) is 46.2 Å². The number of nitrogens with zero attached hydrogens (tertiary/aromatic N) is 1. The van der Waals surface area contributed by atoms with E-state index in [1.165, 1.54) is 16.2 Å². The summed E-state index contributed by atoms with van der Waals surface area (Å²) in [4.78, 5) is 31.4. The summed E-state index contributed by atoms with van der Waals surface area (Å²) in [7, 11) is 0. The summed E-state index contributed by atoms with van der Waals surface area (Å²) in [5.74, 6) is -0.927. The number of hydrogen-bond donors (Lipinski definition) is 1. The van der Waals surface area contributed by atoms with Gasteiger partial charge in [-0.3, -0.25) is 9.59 Å². The summed E-state index contributed by atoms with van der Waals surface area (Å²) in [5.41, 5.74) is 2.47. The van der Waals surface area contributed by atoms with Crippen LogP contribution in [0.5, 0.6) is 0 Å². The number of aryl methyl sites for hydroxylation is 2. The van der Waals surface area contributed by atoms with Crippen LogP contribution in [0.4, 0.5) is 0 Å². The van der Waals surface area contributed by atoms with Gasteiger partial charge in [-0.05, 0) is 57.2 Å². The van der Waals surface area contributed by atoms with E-state index >= 15 is 0 Å². The summed E-state index contributed by atoms with van der Waals surface area (Å²) < 4.78 is -1.04. The summed E-state index contributed by atoms with van der Waals surface area (Å²) in [6.45, 7) is 5.07. The molecular weight excluding hydrogens is 517 g/mol. The number of ketones is 1. The Morgan fingerprint density at radius 3 is 2.36 bits per heavy atom. The smallest absolute Gasteiger partial charge is 0.319 e. The van der Waals surface area contributed by atoms with E-state index in [4.69, 9.17) is 23.2 Å². The van der Waals surface area contributed by atoms with Crippen LogP contribution in [0.2, 0.25) is 10.0 Å². The first-order chi connectivity index (χ1) is 15.5. The predicted octanol–water partition coefficient (Wildman–Crippen LogP) is 7.92. The number of carbonyl (C=O) groups excluding carboxylic acids is 1. The number of thioether (sulfide) groups is 2. The molecular formula is C24H23Cl2NO3S3. The van der Waals surface area contributed by atoms with Gasteiger partial charge < -0.3 is 5.11 Å². The molecule has 0 saturated carbocycles. The van der Waals surface area contributed by atoms with Crippen LogP contribution in [0.1, 0.15) is 41.2 Å². The fourth-order valence-corrected chi connectivity index (χ4v) is 6.06. The molecule has 0 fully saturated rings. The molecule has 3 rings (SSSR count). The minimum Gasteiger partial charge on any atom is -0.480 e. The average molecular weight is 541 g/mol. The number of aromatic nitrogens is 1. The number of thiazole rings is 1. The molecule has 0 aliphatic carbocycles. The number of carbonyl (C=O) groups is 2. The number of aliphatic carboxylic acids is 1. The van der Waals surface area contributed by atoms with E-state index in [-0.39, 0.29) is 12.2 Å². The van der Waals surface area contributed by atoms with Gasteiger partial charge in [-0.15, -0.1) is 34.9 Å². The maximum absolute atomic E-state index is 12.9. The van der Waals surface area contributed by atoms with Gasteiger partial charge in [0.1, 0.15) is 9.75 Å². The Kier molecular flexibility index (Phi) is 8.56. The zero-order valence-corrected chi connectivity index (χ0v) is 22.5. The lowest BCUT2D eigenvalue weighted by atomic mass is 10.1. The van der Waals surface area contributed by atoms with Crippen LogP contribution in [0.3, 0.4) is 0 Å². The zero-order chi connectivity index (χ0) is 24.3. The molecule has 1 heterocycles. The maximum atomic E-state index is 12.9. The lowest BCUT2D eigenvalue weighted by Crippen LogP contribution is -2.26. The average Bonchev–Trinajstić information content (AvgIpc) is 3.17. The van der Waals surface area contributed by atoms with Crippen LogP contribution in [0, 0.1) is 6.92 Å². The second-order valence-corrected chi connectivity index (χ2v) is 12.2. The van der Waals surface area contributed by atoms with E-state index in [0.29, 0.717) is 26.2 Å². The third-order valence-electron chi connectivity index (χ3n) is 5.02. The van der Waals surface area contributed by atoms with Crippen molar-refractivity contribution in [3.63, 3.8) is 0 Å². The Balaban J connectivity index is 1.72. The number of carboxylic acids is 1. The van der Waals surface area contributed by atoms with Crippen molar-refractivity contribution in [2.75, 3.05) is 6.26 Å². The van der Waals surface area contributed by atoms with Crippen LogP contribution < -0.4 is 0 Å². The van der Waals surface area contributed by atoms with Crippen LogP contribution in [0.25, 0.3) is 10.6 Å². The van der Waals surface area contributed by atoms with Crippen molar-refractivity contribution in [2.24, 2.45) is 0 Å². The monoisotopic (exact) mass is 539 g/mol. The van der Waals surface area contributed by atoms with Crippen LogP contribution in [-0.2, 0) is 11.2 Å². The molecule has 0 aliphatic heterocycles. The van der Waals surface area contributed by atoms with Gasteiger partial charge >= 0.3 is 5.97 Å². The Morgan fingerprint density at radius 1 is 1.09 bits per heavy atom. The summed E-state index contributed by atoms with van der Waals surface area (Å²) in [6.07, 6.45) is 2.73. The van der Waals surface area contributed by atoms with E-state index in [9.17, 15) is 14.7 Å². The van der Waals surface area contributed by atoms with Crippen LogP contribution in [-0.4, -0.2) is 32.8 Å². The summed E-state index contributed by atoms with van der Waals surface area (Å²) >= 11 is 17.1. The van der Waals surface area contributed by atoms with Crippen molar-refractivity contribution < 1.29 is 14.7 Å². The first-order valence-corrected chi connectivity index (χ1v) is 13.7. The largest absolute Gasteiger partial charge is 0.480 e. The number of benzene rings is 2. The van der Waals surface area contributed by atoms with Gasteiger partial charge in [0.2, 0.25) is 0 Å². The lowest BCUT2D eigenvalue weighted by Gasteiger charge is -2.20. The predicted molar refractivity (Wildman–Crippen MR) is 141 cm³/mol. The zero-order valence-electron chi connectivity index (χ0n) is 18.6. The Morgan fingerprint density at radius 2 is 1.76 bits per heavy atom. The highest BCUT2D eigenvalue weighted by atomic mass is 35.5. The number of rotatable bonds is 9. The first kappa shape index (κ1) is 26.1. The van der Waals surface area contributed by atoms with Crippen molar-refractivity contribution >= 4 is 69.8 Å². The van der Waals surface area contributed by atoms with Crippen molar-refractivity contribution in [1.29, 1.82) is 0 Å². The molecule has 33 heavy (non-hydrogen) atoms. The molecule has 174 valence electrons. The summed E-state index contributed by atoms with van der Waals surface area (Å²) in [6, 6.07) is 11.7. The minimum absolute atomic E-state index is 0.00892. The van der Waals surface area contributed by atoms with Gasteiger partial charge in [0, 0.05) is 21.8 Å². The third-order valence-corrected chi connectivity index (χ3v) is 9.28. The van der Waals surface area contributed by atoms with Gasteiger partial charge in [0.05, 0.1) is 20.6 Å². The Bertz CT molecular complexity index is 1190. The van der Waals surface area contributed by atoms with Crippen molar-refractivity contribution in [1.82, 2.24) is 4.98 Å². The fraction of sp³-hybridized carbons (Fsp3) is 0.292. The molecule has 0 atom stereocenters. The van der Waals surface area contributed by atoms with Crippen LogP contribution >= 0.6 is 58.1 Å². The normalized spacial score (nSPS) is 11.6. The topological polar surface area (TPSA) is 67.3 Å². The maximum Gasteiger partial charge on any atom is 0.319 e. The van der Waals surface area contributed by atoms with Gasteiger partial charge in [0.25, 0.3) is 0 Å². The molecule has 0 spiro atoms. The number of carboxylic acid groups (broad SMARTS) is 1. The Hall–Kier alpha value is -1.51. The highest BCUT2D eigenvalue weighted by molar-refractivity contribution is 8.01. The Labute approximate surface area is 216 Å². The molecule has 4 nitrogen and oxygen atoms in total. The molecule has 0 bridgehead atoms. The lowest BCUT2D eigenvalue weighted by molar-refractivity contribution is -0.138. The van der Waals surface area contributed by atoms with Crippen molar-refractivity contribution in [3.8, 4) is 10.6 Å². The van der Waals surface area contributed by atoms with Gasteiger partial charge in [-0.2, -0.15) is 0 Å². The second kappa shape index (κ2) is 10.8.